The van der Waals surface area contributed by atoms with Gasteiger partial charge in [-0.1, -0.05) is 18.2 Å². The number of methoxy groups -OCH3 is 1. The van der Waals surface area contributed by atoms with Crippen molar-refractivity contribution in [1.82, 2.24) is 20.1 Å². The number of nitrogens with one attached hydrogen (secondary N) is 1. The van der Waals surface area contributed by atoms with Gasteiger partial charge in [-0.05, 0) is 6.07 Å². The van der Waals surface area contributed by atoms with Crippen molar-refractivity contribution in [2.75, 3.05) is 20.3 Å². The van der Waals surface area contributed by atoms with Gasteiger partial charge in [-0.2, -0.15) is 0 Å². The maximum Gasteiger partial charge on any atom is 0.249 e. The number of hydrogen-bond acceptors (Lipinski definition) is 5. The summed E-state index contributed by atoms with van der Waals surface area (Å²) in [6.45, 7) is 2.95. The molecular formula is C16H18N4O3. The summed E-state index contributed by atoms with van der Waals surface area (Å²) in [5.41, 5.74) is 1.77. The molecule has 0 saturated carbocycles. The van der Waals surface area contributed by atoms with Crippen molar-refractivity contribution in [3.8, 4) is 11.5 Å². The van der Waals surface area contributed by atoms with E-state index in [1.165, 1.54) is 0 Å². The van der Waals surface area contributed by atoms with E-state index in [2.05, 4.69) is 15.5 Å². The number of amides is 1. The second-order valence-electron chi connectivity index (χ2n) is 5.16. The fraction of sp³-hybridized carbons (Fsp3) is 0.312. The number of benzene rings is 1. The van der Waals surface area contributed by atoms with Gasteiger partial charge in [0.05, 0.1) is 12.2 Å². The molecule has 0 unspecified atom stereocenters. The number of nitrogens with zero attached hydrogens (tertiary/aromatic N) is 3. The third-order valence-corrected chi connectivity index (χ3v) is 3.49. The summed E-state index contributed by atoms with van der Waals surface area (Å²) in [6, 6.07) is 7.82. The van der Waals surface area contributed by atoms with Crippen molar-refractivity contribution in [1.29, 1.82) is 0 Å². The smallest absolute Gasteiger partial charge is 0.249 e. The summed E-state index contributed by atoms with van der Waals surface area (Å²) in [7, 11) is 1.60. The standard InChI is InChI=1S/C16H18N4O3/c1-11-18-19-16(23-11)13-9-20(10-15(21)17-7-8-22-2)14-6-4-3-5-12(13)14/h3-6,9H,7-8,10H2,1-2H3,(H,17,21). The average Bonchev–Trinajstić information content (AvgIpc) is 3.12. The molecule has 7 nitrogen and oxygen atoms in total. The molecule has 120 valence electrons. The first-order valence-corrected chi connectivity index (χ1v) is 7.33. The van der Waals surface area contributed by atoms with Gasteiger partial charge >= 0.3 is 0 Å². The lowest BCUT2D eigenvalue weighted by atomic mass is 10.2. The molecular weight excluding hydrogens is 296 g/mol. The second-order valence-corrected chi connectivity index (χ2v) is 5.16. The summed E-state index contributed by atoms with van der Waals surface area (Å²) >= 11 is 0. The molecule has 0 radical (unpaired) electrons. The van der Waals surface area contributed by atoms with Gasteiger partial charge in [0.2, 0.25) is 17.7 Å². The Hall–Kier alpha value is -2.67. The van der Waals surface area contributed by atoms with Crippen LogP contribution in [-0.2, 0) is 16.1 Å². The zero-order valence-electron chi connectivity index (χ0n) is 13.1. The lowest BCUT2D eigenvalue weighted by Gasteiger charge is -2.06. The van der Waals surface area contributed by atoms with E-state index >= 15 is 0 Å². The summed E-state index contributed by atoms with van der Waals surface area (Å²) in [5.74, 6) is 0.891. The number of ether oxygens (including phenoxy) is 1. The highest BCUT2D eigenvalue weighted by Crippen LogP contribution is 2.29. The lowest BCUT2D eigenvalue weighted by Crippen LogP contribution is -2.30. The van der Waals surface area contributed by atoms with E-state index in [9.17, 15) is 4.79 Å². The molecule has 2 heterocycles. The van der Waals surface area contributed by atoms with E-state index in [0.717, 1.165) is 16.5 Å². The Morgan fingerprint density at radius 3 is 2.91 bits per heavy atom. The quantitative estimate of drug-likeness (QED) is 0.701. The highest BCUT2D eigenvalue weighted by Gasteiger charge is 2.16. The number of hydrogen-bond donors (Lipinski definition) is 1. The van der Waals surface area contributed by atoms with E-state index < -0.39 is 0 Å². The highest BCUT2D eigenvalue weighted by atomic mass is 16.5. The SMILES string of the molecule is COCCNC(=O)Cn1cc(-c2nnc(C)o2)c2ccccc21. The fourth-order valence-corrected chi connectivity index (χ4v) is 2.46. The monoisotopic (exact) mass is 314 g/mol. The average molecular weight is 314 g/mol. The Morgan fingerprint density at radius 1 is 1.35 bits per heavy atom. The Bertz CT molecular complexity index is 822. The number of fused-ring (bicyclic) bond motifs is 1. The van der Waals surface area contributed by atoms with Crippen LogP contribution >= 0.6 is 0 Å². The van der Waals surface area contributed by atoms with Crippen LogP contribution in [-0.4, -0.2) is 40.9 Å². The molecule has 1 N–H and O–H groups in total. The molecule has 0 fully saturated rings. The molecule has 3 rings (SSSR count). The summed E-state index contributed by atoms with van der Waals surface area (Å²) < 4.78 is 12.3. The Morgan fingerprint density at radius 2 is 2.17 bits per heavy atom. The first-order valence-electron chi connectivity index (χ1n) is 7.33. The van der Waals surface area contributed by atoms with Crippen LogP contribution in [0.25, 0.3) is 22.4 Å². The van der Waals surface area contributed by atoms with E-state index in [1.807, 2.05) is 35.0 Å². The summed E-state index contributed by atoms with van der Waals surface area (Å²) in [5, 5.41) is 11.7. The van der Waals surface area contributed by atoms with Gasteiger partial charge in [-0.15, -0.1) is 10.2 Å². The summed E-state index contributed by atoms with van der Waals surface area (Å²) in [6.07, 6.45) is 1.87. The lowest BCUT2D eigenvalue weighted by molar-refractivity contribution is -0.121. The molecule has 3 aromatic rings. The molecule has 0 aliphatic carbocycles. The fourth-order valence-electron chi connectivity index (χ4n) is 2.46. The molecule has 0 bridgehead atoms. The highest BCUT2D eigenvalue weighted by molar-refractivity contribution is 5.94. The molecule has 1 aromatic carbocycles. The number of para-hydroxylation sites is 1. The van der Waals surface area contributed by atoms with E-state index in [-0.39, 0.29) is 12.5 Å². The Kier molecular flexibility index (Phi) is 4.38. The largest absolute Gasteiger partial charge is 0.421 e. The van der Waals surface area contributed by atoms with Crippen LogP contribution < -0.4 is 5.32 Å². The van der Waals surface area contributed by atoms with Gasteiger partial charge in [0, 0.05) is 37.7 Å². The molecule has 0 aliphatic heterocycles. The Labute approximate surface area is 133 Å². The van der Waals surface area contributed by atoms with Crippen molar-refractivity contribution >= 4 is 16.8 Å². The minimum atomic E-state index is -0.0731. The maximum absolute atomic E-state index is 12.0. The molecule has 1 amide bonds. The number of carbonyl (C=O) groups is 1. The van der Waals surface area contributed by atoms with Crippen LogP contribution in [0.3, 0.4) is 0 Å². The predicted molar refractivity (Wildman–Crippen MR) is 84.9 cm³/mol. The first-order chi connectivity index (χ1) is 11.2. The van der Waals surface area contributed by atoms with Gasteiger partial charge in [0.15, 0.2) is 0 Å². The summed E-state index contributed by atoms with van der Waals surface area (Å²) in [4.78, 5) is 12.0. The van der Waals surface area contributed by atoms with Crippen LogP contribution in [0, 0.1) is 6.92 Å². The molecule has 7 heteroatoms. The van der Waals surface area contributed by atoms with Crippen molar-refractivity contribution in [3.63, 3.8) is 0 Å². The van der Waals surface area contributed by atoms with Gasteiger partial charge in [-0.25, -0.2) is 0 Å². The number of carbonyl (C=O) groups excluding carboxylic acids is 1. The van der Waals surface area contributed by atoms with Gasteiger partial charge < -0.3 is 19.0 Å². The number of aromatic nitrogens is 3. The van der Waals surface area contributed by atoms with Crippen molar-refractivity contribution in [3.05, 3.63) is 36.4 Å². The van der Waals surface area contributed by atoms with Crippen LogP contribution in [0.4, 0.5) is 0 Å². The van der Waals surface area contributed by atoms with Gasteiger partial charge in [0.25, 0.3) is 0 Å². The zero-order valence-corrected chi connectivity index (χ0v) is 13.1. The van der Waals surface area contributed by atoms with E-state index in [4.69, 9.17) is 9.15 Å². The maximum atomic E-state index is 12.0. The van der Waals surface area contributed by atoms with Crippen molar-refractivity contribution in [2.24, 2.45) is 0 Å². The van der Waals surface area contributed by atoms with E-state index in [1.54, 1.807) is 14.0 Å². The third kappa shape index (κ3) is 3.24. The molecule has 0 aliphatic rings. The van der Waals surface area contributed by atoms with Crippen LogP contribution in [0.5, 0.6) is 0 Å². The van der Waals surface area contributed by atoms with Crippen LogP contribution in [0.1, 0.15) is 5.89 Å². The molecule has 0 spiro atoms. The number of aryl methyl sites for hydroxylation is 1. The third-order valence-electron chi connectivity index (χ3n) is 3.49. The first kappa shape index (κ1) is 15.2. The minimum absolute atomic E-state index is 0.0731. The van der Waals surface area contributed by atoms with Crippen LogP contribution in [0.15, 0.2) is 34.9 Å². The Balaban J connectivity index is 1.90. The van der Waals surface area contributed by atoms with E-state index in [0.29, 0.717) is 24.9 Å². The molecule has 2 aromatic heterocycles. The van der Waals surface area contributed by atoms with Gasteiger partial charge in [0.1, 0.15) is 6.54 Å². The molecule has 23 heavy (non-hydrogen) atoms. The predicted octanol–water partition coefficient (Wildman–Crippen LogP) is 1.76. The topological polar surface area (TPSA) is 82.2 Å². The van der Waals surface area contributed by atoms with Crippen molar-refractivity contribution in [2.45, 2.75) is 13.5 Å². The van der Waals surface area contributed by atoms with Gasteiger partial charge in [-0.3, -0.25) is 4.79 Å². The molecule has 0 saturated heterocycles. The molecule has 0 atom stereocenters. The zero-order chi connectivity index (χ0) is 16.2. The minimum Gasteiger partial charge on any atom is -0.421 e. The second kappa shape index (κ2) is 6.62. The van der Waals surface area contributed by atoms with Crippen molar-refractivity contribution < 1.29 is 13.9 Å². The van der Waals surface area contributed by atoms with Crippen LogP contribution in [0.2, 0.25) is 0 Å². The number of rotatable bonds is 6. The normalized spacial score (nSPS) is 11.0.